The molecule has 0 amide bonds. The van der Waals surface area contributed by atoms with E-state index in [2.05, 4.69) is 43.1 Å². The van der Waals surface area contributed by atoms with Crippen LogP contribution < -0.4 is 0 Å². The summed E-state index contributed by atoms with van der Waals surface area (Å²) in [5.41, 5.74) is 0.939. The molecule has 0 aromatic rings. The molecule has 0 aliphatic heterocycles. The normalized spacial score (nSPS) is 43.6. The van der Waals surface area contributed by atoms with Gasteiger partial charge in [0.2, 0.25) is 0 Å². The molecular weight excluding hydrogens is 190 g/mol. The maximum atomic E-state index is 4.66. The molecule has 3 aliphatic carbocycles. The van der Waals surface area contributed by atoms with Crippen LogP contribution in [0.5, 0.6) is 0 Å². The summed E-state index contributed by atoms with van der Waals surface area (Å²) in [6.45, 7) is 8.11. The molecule has 3 aliphatic rings. The molecule has 3 rings (SSSR count). The largest absolute Gasteiger partial charge is 0.232 e. The van der Waals surface area contributed by atoms with Gasteiger partial charge in [-0.3, -0.25) is 0 Å². The molecule has 3 fully saturated rings. The van der Waals surface area contributed by atoms with Crippen molar-refractivity contribution >= 4 is 17.4 Å². The molecule has 3 unspecified atom stereocenters. The van der Waals surface area contributed by atoms with E-state index in [1.54, 1.807) is 0 Å². The Kier molecular flexibility index (Phi) is 2.32. The van der Waals surface area contributed by atoms with Crippen LogP contribution in [-0.4, -0.2) is 11.7 Å². The zero-order valence-electron chi connectivity index (χ0n) is 9.34. The Morgan fingerprint density at radius 3 is 2.64 bits per heavy atom. The Labute approximate surface area is 92.0 Å². The minimum Gasteiger partial charge on any atom is -0.232 e. The molecule has 3 saturated carbocycles. The smallest absolute Gasteiger partial charge is 0.0585 e. The zero-order chi connectivity index (χ0) is 10.4. The highest BCUT2D eigenvalue weighted by Gasteiger charge is 2.58. The molecule has 2 bridgehead atoms. The van der Waals surface area contributed by atoms with Gasteiger partial charge in [-0.1, -0.05) is 20.8 Å². The summed E-state index contributed by atoms with van der Waals surface area (Å²) >= 11 is 4.66. The van der Waals surface area contributed by atoms with E-state index in [1.165, 1.54) is 19.3 Å². The summed E-state index contributed by atoms with van der Waals surface area (Å²) in [5, 5.41) is 2.51. The number of fused-ring (bicyclic) bond motifs is 2. The number of nitrogens with zero attached hydrogens (tertiary/aromatic N) is 1. The van der Waals surface area contributed by atoms with Gasteiger partial charge in [-0.15, -0.1) is 0 Å². The summed E-state index contributed by atoms with van der Waals surface area (Å²) in [4.78, 5) is 4.17. The first kappa shape index (κ1) is 10.3. The van der Waals surface area contributed by atoms with Crippen LogP contribution in [0.4, 0.5) is 0 Å². The molecule has 3 atom stereocenters. The van der Waals surface area contributed by atoms with E-state index >= 15 is 0 Å². The molecule has 14 heavy (non-hydrogen) atoms. The lowest BCUT2D eigenvalue weighted by Crippen LogP contribution is -2.57. The Morgan fingerprint density at radius 2 is 2.14 bits per heavy atom. The molecular formula is C12H19NS. The molecule has 0 spiro atoms. The van der Waals surface area contributed by atoms with E-state index in [0.29, 0.717) is 10.8 Å². The van der Waals surface area contributed by atoms with Gasteiger partial charge in [-0.2, -0.15) is 0 Å². The van der Waals surface area contributed by atoms with Crippen molar-refractivity contribution in [1.29, 1.82) is 0 Å². The third kappa shape index (κ3) is 1.28. The first-order valence-electron chi connectivity index (χ1n) is 5.54. The van der Waals surface area contributed by atoms with E-state index in [0.717, 1.165) is 18.4 Å². The highest BCUT2D eigenvalue weighted by Crippen LogP contribution is 2.65. The van der Waals surface area contributed by atoms with Gasteiger partial charge in [-0.25, -0.2) is 4.99 Å². The third-order valence-corrected chi connectivity index (χ3v) is 5.01. The van der Waals surface area contributed by atoms with E-state index in [-0.39, 0.29) is 0 Å². The number of hydrogen-bond donors (Lipinski definition) is 0. The molecule has 0 aromatic carbocycles. The standard InChI is InChI=1S/C12H19NS/c1-11(2)9-4-5-12(3,7-13-8-14)10(11)6-9/h9-10H,4-7H2,1-3H3. The van der Waals surface area contributed by atoms with Crippen molar-refractivity contribution in [3.8, 4) is 0 Å². The first-order chi connectivity index (χ1) is 6.50. The second kappa shape index (κ2) is 3.15. The van der Waals surface area contributed by atoms with Crippen LogP contribution >= 0.6 is 12.2 Å². The van der Waals surface area contributed by atoms with Crippen LogP contribution in [0.25, 0.3) is 0 Å². The fraction of sp³-hybridized carbons (Fsp3) is 0.917. The minimum atomic E-state index is 0.393. The van der Waals surface area contributed by atoms with E-state index in [4.69, 9.17) is 0 Å². The van der Waals surface area contributed by atoms with Crippen molar-refractivity contribution in [2.24, 2.45) is 27.7 Å². The van der Waals surface area contributed by atoms with Gasteiger partial charge in [0.15, 0.2) is 0 Å². The predicted octanol–water partition coefficient (Wildman–Crippen LogP) is 3.55. The lowest BCUT2D eigenvalue weighted by Gasteiger charge is -2.64. The zero-order valence-corrected chi connectivity index (χ0v) is 10.2. The Morgan fingerprint density at radius 1 is 1.43 bits per heavy atom. The highest BCUT2D eigenvalue weighted by molar-refractivity contribution is 7.78. The lowest BCUT2D eigenvalue weighted by molar-refractivity contribution is -0.145. The number of aliphatic imine (C=N–C) groups is 1. The molecule has 78 valence electrons. The minimum absolute atomic E-state index is 0.393. The first-order valence-corrected chi connectivity index (χ1v) is 5.95. The van der Waals surface area contributed by atoms with Crippen LogP contribution in [-0.2, 0) is 0 Å². The van der Waals surface area contributed by atoms with E-state index in [9.17, 15) is 0 Å². The predicted molar refractivity (Wildman–Crippen MR) is 62.6 cm³/mol. The van der Waals surface area contributed by atoms with Crippen LogP contribution in [0, 0.1) is 22.7 Å². The second-order valence-electron chi connectivity index (χ2n) is 5.91. The van der Waals surface area contributed by atoms with Gasteiger partial charge < -0.3 is 0 Å². The average molecular weight is 209 g/mol. The summed E-state index contributed by atoms with van der Waals surface area (Å²) in [5.74, 6) is 1.82. The van der Waals surface area contributed by atoms with Gasteiger partial charge in [0, 0.05) is 0 Å². The Hall–Kier alpha value is -0.200. The summed E-state index contributed by atoms with van der Waals surface area (Å²) in [7, 11) is 0. The molecule has 0 N–H and O–H groups in total. The molecule has 1 nitrogen and oxygen atoms in total. The van der Waals surface area contributed by atoms with Gasteiger partial charge in [0.1, 0.15) is 0 Å². The maximum Gasteiger partial charge on any atom is 0.0585 e. The second-order valence-corrected chi connectivity index (χ2v) is 6.09. The van der Waals surface area contributed by atoms with Crippen molar-refractivity contribution in [2.45, 2.75) is 40.0 Å². The summed E-state index contributed by atoms with van der Waals surface area (Å²) in [6.07, 6.45) is 4.12. The molecule has 0 radical (unpaired) electrons. The van der Waals surface area contributed by atoms with Gasteiger partial charge in [-0.05, 0) is 54.1 Å². The fourth-order valence-electron chi connectivity index (χ4n) is 3.77. The van der Waals surface area contributed by atoms with Crippen LogP contribution in [0.15, 0.2) is 4.99 Å². The summed E-state index contributed by atoms with van der Waals surface area (Å²) < 4.78 is 0. The Bertz CT molecular complexity index is 289. The van der Waals surface area contributed by atoms with Crippen molar-refractivity contribution in [3.05, 3.63) is 0 Å². The van der Waals surface area contributed by atoms with Gasteiger partial charge in [0.05, 0.1) is 11.7 Å². The number of rotatable bonds is 2. The molecule has 0 saturated heterocycles. The number of isothiocyanates is 1. The molecule has 0 aromatic heterocycles. The quantitative estimate of drug-likeness (QED) is 0.500. The van der Waals surface area contributed by atoms with E-state index in [1.807, 2.05) is 0 Å². The number of thiocarbonyl (C=S) groups is 1. The third-order valence-electron chi connectivity index (χ3n) is 4.88. The maximum absolute atomic E-state index is 4.66. The fourth-order valence-corrected chi connectivity index (χ4v) is 3.83. The highest BCUT2D eigenvalue weighted by atomic mass is 32.1. The lowest BCUT2D eigenvalue weighted by atomic mass is 9.41. The van der Waals surface area contributed by atoms with Crippen molar-refractivity contribution < 1.29 is 0 Å². The summed E-state index contributed by atoms with van der Waals surface area (Å²) in [6, 6.07) is 0. The molecule has 2 heteroatoms. The monoisotopic (exact) mass is 209 g/mol. The Balaban J connectivity index is 2.16. The van der Waals surface area contributed by atoms with E-state index < -0.39 is 0 Å². The van der Waals surface area contributed by atoms with Crippen molar-refractivity contribution in [2.75, 3.05) is 6.54 Å². The average Bonchev–Trinajstić information content (AvgIpc) is 2.14. The van der Waals surface area contributed by atoms with Gasteiger partial charge in [0.25, 0.3) is 0 Å². The van der Waals surface area contributed by atoms with Crippen LogP contribution in [0.2, 0.25) is 0 Å². The van der Waals surface area contributed by atoms with Gasteiger partial charge >= 0.3 is 0 Å². The SMILES string of the molecule is CC1(CN=C=S)CCC2CC1C2(C)C. The van der Waals surface area contributed by atoms with Crippen molar-refractivity contribution in [3.63, 3.8) is 0 Å². The van der Waals surface area contributed by atoms with Crippen LogP contribution in [0.1, 0.15) is 40.0 Å². The molecule has 0 heterocycles. The topological polar surface area (TPSA) is 12.4 Å². The van der Waals surface area contributed by atoms with Crippen LogP contribution in [0.3, 0.4) is 0 Å². The number of hydrogen-bond acceptors (Lipinski definition) is 2. The van der Waals surface area contributed by atoms with Crippen molar-refractivity contribution in [1.82, 2.24) is 0 Å².